The molecule has 2 aromatic heterocycles. The monoisotopic (exact) mass is 382 g/mol. The van der Waals surface area contributed by atoms with E-state index in [4.69, 9.17) is 4.74 Å². The Labute approximate surface area is 154 Å². The number of hydrogen-bond donors (Lipinski definition) is 0. The fraction of sp³-hybridized carbons (Fsp3) is 0.0526. The molecule has 7 heteroatoms. The molecule has 0 unspecified atom stereocenters. The maximum absolute atomic E-state index is 11.8. The zero-order valence-corrected chi connectivity index (χ0v) is 15.4. The second-order valence-electron chi connectivity index (χ2n) is 5.70. The van der Waals surface area contributed by atoms with E-state index in [0.717, 1.165) is 15.8 Å². The molecular weight excluding hydrogens is 368 g/mol. The van der Waals surface area contributed by atoms with Crippen LogP contribution in [0.2, 0.25) is 0 Å². The van der Waals surface area contributed by atoms with Gasteiger partial charge in [-0.15, -0.1) is 11.3 Å². The van der Waals surface area contributed by atoms with Crippen molar-refractivity contribution in [3.05, 3.63) is 66.0 Å². The van der Waals surface area contributed by atoms with Crippen LogP contribution in [0.5, 0.6) is 11.6 Å². The summed E-state index contributed by atoms with van der Waals surface area (Å²) >= 11 is 1.55. The van der Waals surface area contributed by atoms with E-state index in [0.29, 0.717) is 17.5 Å². The van der Waals surface area contributed by atoms with Crippen LogP contribution in [0, 0.1) is 0 Å². The Bertz CT molecular complexity index is 1190. The summed E-state index contributed by atoms with van der Waals surface area (Å²) in [6.07, 6.45) is 1.17. The first-order valence-electron chi connectivity index (χ1n) is 7.79. The van der Waals surface area contributed by atoms with E-state index in [-0.39, 0.29) is 4.90 Å². The second-order valence-corrected chi connectivity index (χ2v) is 8.66. The lowest BCUT2D eigenvalue weighted by Crippen LogP contribution is -1.98. The normalized spacial score (nSPS) is 11.6. The Hall–Kier alpha value is -2.77. The fourth-order valence-corrected chi connectivity index (χ4v) is 3.83. The summed E-state index contributed by atoms with van der Waals surface area (Å²) in [6, 6.07) is 17.8. The number of nitrogens with zero attached hydrogens (tertiary/aromatic N) is 2. The first-order chi connectivity index (χ1) is 12.5. The lowest BCUT2D eigenvalue weighted by molar-refractivity contribution is 0.467. The summed E-state index contributed by atoms with van der Waals surface area (Å²) in [7, 11) is -3.31. The van der Waals surface area contributed by atoms with Gasteiger partial charge in [-0.2, -0.15) is 4.98 Å². The quantitative estimate of drug-likeness (QED) is 0.518. The Kier molecular flexibility index (Phi) is 4.18. The molecule has 4 rings (SSSR count). The highest BCUT2D eigenvalue weighted by Crippen LogP contribution is 2.32. The molecule has 0 aliphatic carbocycles. The Morgan fingerprint density at radius 1 is 0.962 bits per heavy atom. The summed E-state index contributed by atoms with van der Waals surface area (Å²) in [5.74, 6) is 1.38. The van der Waals surface area contributed by atoms with Crippen LogP contribution in [0.25, 0.3) is 21.6 Å². The first kappa shape index (κ1) is 16.7. The van der Waals surface area contributed by atoms with Crippen molar-refractivity contribution < 1.29 is 13.2 Å². The van der Waals surface area contributed by atoms with Crippen LogP contribution in [0.3, 0.4) is 0 Å². The molecule has 0 radical (unpaired) electrons. The van der Waals surface area contributed by atoms with E-state index in [1.54, 1.807) is 23.5 Å². The van der Waals surface area contributed by atoms with Crippen LogP contribution in [0.15, 0.2) is 70.9 Å². The van der Waals surface area contributed by atoms with Gasteiger partial charge in [-0.25, -0.2) is 13.4 Å². The van der Waals surface area contributed by atoms with Crippen molar-refractivity contribution in [2.75, 3.05) is 6.26 Å². The average Bonchev–Trinajstić information content (AvgIpc) is 3.16. The highest BCUT2D eigenvalue weighted by Gasteiger charge is 2.13. The van der Waals surface area contributed by atoms with Crippen molar-refractivity contribution in [1.82, 2.24) is 9.97 Å². The minimum absolute atomic E-state index is 0.201. The molecule has 0 bridgehead atoms. The Balaban J connectivity index is 1.83. The molecule has 0 saturated carbocycles. The van der Waals surface area contributed by atoms with E-state index in [1.165, 1.54) is 18.4 Å². The molecule has 130 valence electrons. The van der Waals surface area contributed by atoms with Gasteiger partial charge >= 0.3 is 0 Å². The minimum Gasteiger partial charge on any atom is -0.438 e. The van der Waals surface area contributed by atoms with Gasteiger partial charge in [0.15, 0.2) is 15.7 Å². The van der Waals surface area contributed by atoms with Crippen molar-refractivity contribution in [1.29, 1.82) is 0 Å². The van der Waals surface area contributed by atoms with Crippen molar-refractivity contribution in [3.8, 4) is 22.3 Å². The van der Waals surface area contributed by atoms with Gasteiger partial charge in [0.1, 0.15) is 5.75 Å². The molecule has 4 aromatic rings. The number of ether oxygens (including phenoxy) is 1. The first-order valence-corrected chi connectivity index (χ1v) is 10.6. The molecule has 0 amide bonds. The number of para-hydroxylation sites is 1. The summed E-state index contributed by atoms with van der Waals surface area (Å²) in [5, 5.41) is 2.72. The largest absolute Gasteiger partial charge is 0.438 e. The van der Waals surface area contributed by atoms with E-state index < -0.39 is 9.84 Å². The van der Waals surface area contributed by atoms with E-state index in [2.05, 4.69) is 9.97 Å². The van der Waals surface area contributed by atoms with Crippen LogP contribution in [0.1, 0.15) is 0 Å². The van der Waals surface area contributed by atoms with Crippen molar-refractivity contribution in [2.24, 2.45) is 0 Å². The lowest BCUT2D eigenvalue weighted by atomic mass is 10.2. The smallest absolute Gasteiger partial charge is 0.230 e. The third kappa shape index (κ3) is 3.31. The van der Waals surface area contributed by atoms with Gasteiger partial charge in [0.25, 0.3) is 0 Å². The van der Waals surface area contributed by atoms with Gasteiger partial charge in [-0.05, 0) is 41.8 Å². The summed E-state index contributed by atoms with van der Waals surface area (Å²) in [4.78, 5) is 10.3. The van der Waals surface area contributed by atoms with E-state index >= 15 is 0 Å². The van der Waals surface area contributed by atoms with Crippen LogP contribution in [0.4, 0.5) is 0 Å². The standard InChI is InChI=1S/C19H14N2O3S2/c1-26(22,23)14-7-4-6-13(12-14)24-19-15-8-2-3-9-16(15)20-18(21-19)17-10-5-11-25-17/h2-12H,1H3. The third-order valence-corrected chi connectivity index (χ3v) is 5.73. The topological polar surface area (TPSA) is 69.2 Å². The molecule has 2 heterocycles. The second kappa shape index (κ2) is 6.51. The lowest BCUT2D eigenvalue weighted by Gasteiger charge is -2.10. The zero-order valence-electron chi connectivity index (χ0n) is 13.8. The number of fused-ring (bicyclic) bond motifs is 1. The highest BCUT2D eigenvalue weighted by atomic mass is 32.2. The van der Waals surface area contributed by atoms with Crippen molar-refractivity contribution in [3.63, 3.8) is 0 Å². The average molecular weight is 382 g/mol. The van der Waals surface area contributed by atoms with Gasteiger partial charge in [0, 0.05) is 6.26 Å². The van der Waals surface area contributed by atoms with Crippen LogP contribution in [-0.4, -0.2) is 24.6 Å². The number of thiophene rings is 1. The summed E-state index contributed by atoms with van der Waals surface area (Å²) < 4.78 is 29.5. The predicted octanol–water partition coefficient (Wildman–Crippen LogP) is 4.55. The predicted molar refractivity (Wildman–Crippen MR) is 102 cm³/mol. The fourth-order valence-electron chi connectivity index (χ4n) is 2.52. The number of rotatable bonds is 4. The minimum atomic E-state index is -3.31. The van der Waals surface area contributed by atoms with Crippen LogP contribution >= 0.6 is 11.3 Å². The molecule has 0 aliphatic rings. The molecule has 2 aromatic carbocycles. The highest BCUT2D eigenvalue weighted by molar-refractivity contribution is 7.90. The van der Waals surface area contributed by atoms with Crippen molar-refractivity contribution >= 4 is 32.1 Å². The van der Waals surface area contributed by atoms with Gasteiger partial charge in [0.2, 0.25) is 5.88 Å². The zero-order chi connectivity index (χ0) is 18.1. The van der Waals surface area contributed by atoms with Crippen molar-refractivity contribution in [2.45, 2.75) is 4.90 Å². The maximum Gasteiger partial charge on any atom is 0.230 e. The van der Waals surface area contributed by atoms with Gasteiger partial charge < -0.3 is 4.74 Å². The molecule has 0 atom stereocenters. The third-order valence-electron chi connectivity index (χ3n) is 3.76. The Morgan fingerprint density at radius 2 is 1.81 bits per heavy atom. The Morgan fingerprint density at radius 3 is 2.58 bits per heavy atom. The van der Waals surface area contributed by atoms with Gasteiger partial charge in [-0.3, -0.25) is 0 Å². The van der Waals surface area contributed by atoms with E-state index in [9.17, 15) is 8.42 Å². The molecule has 0 N–H and O–H groups in total. The maximum atomic E-state index is 11.8. The number of aromatic nitrogens is 2. The van der Waals surface area contributed by atoms with Gasteiger partial charge in [0.05, 0.1) is 20.7 Å². The van der Waals surface area contributed by atoms with Crippen LogP contribution < -0.4 is 4.74 Å². The molecule has 0 spiro atoms. The molecular formula is C19H14N2O3S2. The van der Waals surface area contributed by atoms with Crippen LogP contribution in [-0.2, 0) is 9.84 Å². The summed E-state index contributed by atoms with van der Waals surface area (Å²) in [5.41, 5.74) is 0.764. The number of hydrogen-bond acceptors (Lipinski definition) is 6. The molecule has 5 nitrogen and oxygen atoms in total. The number of sulfone groups is 1. The summed E-state index contributed by atoms with van der Waals surface area (Å²) in [6.45, 7) is 0. The number of benzene rings is 2. The molecule has 26 heavy (non-hydrogen) atoms. The SMILES string of the molecule is CS(=O)(=O)c1cccc(Oc2nc(-c3cccs3)nc3ccccc23)c1. The molecule has 0 aliphatic heterocycles. The van der Waals surface area contributed by atoms with Gasteiger partial charge in [-0.1, -0.05) is 24.3 Å². The van der Waals surface area contributed by atoms with E-state index in [1.807, 2.05) is 41.8 Å². The molecule has 0 saturated heterocycles. The molecule has 0 fully saturated rings.